The van der Waals surface area contributed by atoms with Gasteiger partial charge in [-0.3, -0.25) is 0 Å². The van der Waals surface area contributed by atoms with Crippen molar-refractivity contribution in [3.63, 3.8) is 0 Å². The Morgan fingerprint density at radius 3 is 3.06 bits per heavy atom. The summed E-state index contributed by atoms with van der Waals surface area (Å²) in [7, 11) is 1.64. The van der Waals surface area contributed by atoms with Gasteiger partial charge < -0.3 is 10.1 Å². The summed E-state index contributed by atoms with van der Waals surface area (Å²) in [4.78, 5) is 0.820. The second kappa shape index (κ2) is 5.33. The zero-order valence-electron chi connectivity index (χ0n) is 9.43. The Labute approximate surface area is 97.6 Å². The van der Waals surface area contributed by atoms with E-state index in [-0.39, 0.29) is 0 Å². The Morgan fingerprint density at radius 2 is 2.31 bits per heavy atom. The summed E-state index contributed by atoms with van der Waals surface area (Å²) in [6.45, 7) is 4.37. The lowest BCUT2D eigenvalue weighted by atomic mass is 10.5. The number of hydrogen-bond donors (Lipinski definition) is 1. The normalized spacial score (nSPS) is 11.4. The molecule has 0 aromatic carbocycles. The van der Waals surface area contributed by atoms with Crippen molar-refractivity contribution in [2.75, 3.05) is 13.7 Å². The summed E-state index contributed by atoms with van der Waals surface area (Å²) in [5, 5.41) is 16.8. The molecule has 0 saturated carbocycles. The fourth-order valence-electron chi connectivity index (χ4n) is 1.36. The number of fused-ring (bicyclic) bond motifs is 1. The van der Waals surface area contributed by atoms with Crippen molar-refractivity contribution in [1.82, 2.24) is 25.1 Å². The van der Waals surface area contributed by atoms with Crippen LogP contribution in [0.15, 0.2) is 0 Å². The second-order valence-electron chi connectivity index (χ2n) is 3.42. The maximum atomic E-state index is 5.03. The molecule has 0 spiro atoms. The van der Waals surface area contributed by atoms with Crippen molar-refractivity contribution in [2.45, 2.75) is 26.5 Å². The summed E-state index contributed by atoms with van der Waals surface area (Å²) in [5.41, 5.74) is 0. The van der Waals surface area contributed by atoms with Gasteiger partial charge in [0.05, 0.1) is 0 Å². The molecule has 0 aliphatic rings. The Bertz CT molecular complexity index is 452. The van der Waals surface area contributed by atoms with Crippen molar-refractivity contribution in [1.29, 1.82) is 0 Å². The number of hydrogen-bond acceptors (Lipinski definition) is 6. The van der Waals surface area contributed by atoms with Gasteiger partial charge in [-0.15, -0.1) is 10.2 Å². The number of nitrogens with one attached hydrogen (secondary N) is 1. The summed E-state index contributed by atoms with van der Waals surface area (Å²) in [6, 6.07) is 0. The standard InChI is InChI=1S/C9H15N5OS/c1-3-4-10-5-8-13-14-7(6-15-2)11-12-9(14)16-8/h10H,3-6H2,1-2H3. The van der Waals surface area contributed by atoms with Crippen LogP contribution in [0, 0.1) is 0 Å². The van der Waals surface area contributed by atoms with Gasteiger partial charge in [0.15, 0.2) is 5.82 Å². The van der Waals surface area contributed by atoms with Crippen LogP contribution in [0.3, 0.4) is 0 Å². The molecule has 0 aliphatic heterocycles. The molecule has 6 nitrogen and oxygen atoms in total. The third kappa shape index (κ3) is 2.37. The van der Waals surface area contributed by atoms with Gasteiger partial charge >= 0.3 is 0 Å². The highest BCUT2D eigenvalue weighted by molar-refractivity contribution is 7.16. The fourth-order valence-corrected chi connectivity index (χ4v) is 2.18. The number of ether oxygens (including phenoxy) is 1. The molecule has 88 valence electrons. The molecular weight excluding hydrogens is 226 g/mol. The second-order valence-corrected chi connectivity index (χ2v) is 4.46. The smallest absolute Gasteiger partial charge is 0.234 e. The first-order chi connectivity index (χ1) is 7.85. The highest BCUT2D eigenvalue weighted by atomic mass is 32.1. The first kappa shape index (κ1) is 11.4. The lowest BCUT2D eigenvalue weighted by Crippen LogP contribution is -2.13. The van der Waals surface area contributed by atoms with Crippen LogP contribution in [-0.2, 0) is 17.9 Å². The van der Waals surface area contributed by atoms with Crippen LogP contribution in [0.4, 0.5) is 0 Å². The van der Waals surface area contributed by atoms with E-state index in [1.807, 2.05) is 0 Å². The highest BCUT2D eigenvalue weighted by Gasteiger charge is 2.10. The van der Waals surface area contributed by atoms with Crippen molar-refractivity contribution >= 4 is 16.3 Å². The van der Waals surface area contributed by atoms with Gasteiger partial charge in [0, 0.05) is 13.7 Å². The van der Waals surface area contributed by atoms with E-state index in [0.29, 0.717) is 6.61 Å². The fraction of sp³-hybridized carbons (Fsp3) is 0.667. The van der Waals surface area contributed by atoms with Gasteiger partial charge in [0.2, 0.25) is 4.96 Å². The van der Waals surface area contributed by atoms with Gasteiger partial charge in [-0.25, -0.2) is 0 Å². The average Bonchev–Trinajstić information content (AvgIpc) is 2.81. The molecule has 0 atom stereocenters. The maximum absolute atomic E-state index is 5.03. The van der Waals surface area contributed by atoms with Crippen LogP contribution < -0.4 is 5.32 Å². The van der Waals surface area contributed by atoms with Crippen molar-refractivity contribution in [3.8, 4) is 0 Å². The molecule has 0 amide bonds. The van der Waals surface area contributed by atoms with E-state index in [4.69, 9.17) is 4.74 Å². The first-order valence-electron chi connectivity index (χ1n) is 5.24. The van der Waals surface area contributed by atoms with Crippen LogP contribution in [0.1, 0.15) is 24.2 Å². The maximum Gasteiger partial charge on any atom is 0.234 e. The topological polar surface area (TPSA) is 64.3 Å². The van der Waals surface area contributed by atoms with E-state index in [0.717, 1.165) is 35.3 Å². The molecule has 1 N–H and O–H groups in total. The molecule has 0 aliphatic carbocycles. The minimum Gasteiger partial charge on any atom is -0.377 e. The van der Waals surface area contributed by atoms with Crippen molar-refractivity contribution < 1.29 is 4.74 Å². The molecule has 0 radical (unpaired) electrons. The summed E-state index contributed by atoms with van der Waals surface area (Å²) < 4.78 is 6.77. The molecule has 2 aromatic heterocycles. The minimum absolute atomic E-state index is 0.437. The van der Waals surface area contributed by atoms with E-state index < -0.39 is 0 Å². The number of nitrogens with zero attached hydrogens (tertiary/aromatic N) is 4. The molecule has 0 unspecified atom stereocenters. The molecule has 0 bridgehead atoms. The molecular formula is C9H15N5OS. The first-order valence-corrected chi connectivity index (χ1v) is 6.06. The molecule has 7 heteroatoms. The Hall–Kier alpha value is -1.05. The van der Waals surface area contributed by atoms with E-state index in [1.54, 1.807) is 23.0 Å². The minimum atomic E-state index is 0.437. The number of aromatic nitrogens is 4. The zero-order valence-corrected chi connectivity index (χ0v) is 10.3. The number of rotatable bonds is 6. The van der Waals surface area contributed by atoms with Gasteiger partial charge in [-0.05, 0) is 13.0 Å². The molecule has 0 saturated heterocycles. The lowest BCUT2D eigenvalue weighted by Gasteiger charge is -1.97. The summed E-state index contributed by atoms with van der Waals surface area (Å²) in [6.07, 6.45) is 1.12. The van der Waals surface area contributed by atoms with Crippen molar-refractivity contribution in [2.24, 2.45) is 0 Å². The predicted molar refractivity (Wildman–Crippen MR) is 61.4 cm³/mol. The van der Waals surface area contributed by atoms with E-state index in [2.05, 4.69) is 27.5 Å². The Kier molecular flexibility index (Phi) is 3.81. The van der Waals surface area contributed by atoms with Crippen molar-refractivity contribution in [3.05, 3.63) is 10.8 Å². The molecule has 2 rings (SSSR count). The predicted octanol–water partition coefficient (Wildman–Crippen LogP) is 0.832. The third-order valence-corrected chi connectivity index (χ3v) is 2.97. The van der Waals surface area contributed by atoms with Gasteiger partial charge in [-0.1, -0.05) is 18.3 Å². The SMILES string of the molecule is CCCNCc1nn2c(COC)nnc2s1. The van der Waals surface area contributed by atoms with Gasteiger partial charge in [0.1, 0.15) is 11.6 Å². The molecule has 2 aromatic rings. The van der Waals surface area contributed by atoms with Gasteiger partial charge in [0.25, 0.3) is 0 Å². The Balaban J connectivity index is 2.10. The monoisotopic (exact) mass is 241 g/mol. The van der Waals surface area contributed by atoms with E-state index >= 15 is 0 Å². The highest BCUT2D eigenvalue weighted by Crippen LogP contribution is 2.13. The van der Waals surface area contributed by atoms with Crippen LogP contribution in [0.2, 0.25) is 0 Å². The van der Waals surface area contributed by atoms with Crippen LogP contribution in [0.5, 0.6) is 0 Å². The summed E-state index contributed by atoms with van der Waals surface area (Å²) in [5.74, 6) is 0.746. The molecule has 2 heterocycles. The average molecular weight is 241 g/mol. The van der Waals surface area contributed by atoms with Gasteiger partial charge in [-0.2, -0.15) is 9.61 Å². The summed E-state index contributed by atoms with van der Waals surface area (Å²) >= 11 is 1.55. The van der Waals surface area contributed by atoms with Crippen LogP contribution in [0.25, 0.3) is 4.96 Å². The molecule has 0 fully saturated rings. The van der Waals surface area contributed by atoms with E-state index in [9.17, 15) is 0 Å². The largest absolute Gasteiger partial charge is 0.377 e. The Morgan fingerprint density at radius 1 is 1.44 bits per heavy atom. The van der Waals surface area contributed by atoms with Crippen LogP contribution >= 0.6 is 11.3 Å². The molecule has 16 heavy (non-hydrogen) atoms. The quantitative estimate of drug-likeness (QED) is 0.759. The van der Waals surface area contributed by atoms with E-state index in [1.165, 1.54) is 0 Å². The third-order valence-electron chi connectivity index (χ3n) is 2.07. The van der Waals surface area contributed by atoms with Crippen LogP contribution in [-0.4, -0.2) is 33.5 Å². The zero-order chi connectivity index (χ0) is 11.4. The number of methoxy groups -OCH3 is 1. The lowest BCUT2D eigenvalue weighted by molar-refractivity contribution is 0.176.